The minimum Gasteiger partial charge on any atom is -0.298 e. The third kappa shape index (κ3) is 1.55. The van der Waals surface area contributed by atoms with Crippen LogP contribution in [0.15, 0.2) is 48.5 Å². The molecule has 0 aliphatic carbocycles. The molecule has 0 saturated carbocycles. The van der Waals surface area contributed by atoms with Crippen LogP contribution in [0.4, 0.5) is 5.69 Å². The van der Waals surface area contributed by atoms with Gasteiger partial charge in [0, 0.05) is 11.1 Å². The third-order valence-electron chi connectivity index (χ3n) is 2.91. The van der Waals surface area contributed by atoms with E-state index in [9.17, 15) is 9.59 Å². The topological polar surface area (TPSA) is 58.2 Å². The highest BCUT2D eigenvalue weighted by atomic mass is 16.2. The summed E-state index contributed by atoms with van der Waals surface area (Å²) in [5.41, 5.74) is 8.00. The number of amides is 1. The van der Waals surface area contributed by atoms with E-state index in [-0.39, 0.29) is 0 Å². The van der Waals surface area contributed by atoms with Crippen LogP contribution in [0.25, 0.3) is 11.1 Å². The fraction of sp³-hybridized carbons (Fsp3) is 0. The Kier molecular flexibility index (Phi) is 2.34. The molecule has 3 rings (SSSR count). The number of rotatable bonds is 0. The zero-order valence-corrected chi connectivity index (χ0v) is 9.44. The van der Waals surface area contributed by atoms with Gasteiger partial charge in [0.2, 0.25) is 0 Å². The molecule has 0 radical (unpaired) electrons. The number of para-hydroxylation sites is 1. The molecule has 4 nitrogen and oxygen atoms in total. The first kappa shape index (κ1) is 10.5. The summed E-state index contributed by atoms with van der Waals surface area (Å²) in [6.45, 7) is 0. The summed E-state index contributed by atoms with van der Waals surface area (Å²) < 4.78 is 0. The van der Waals surface area contributed by atoms with Crippen LogP contribution in [-0.2, 0) is 4.79 Å². The molecule has 2 N–H and O–H groups in total. The molecule has 4 heteroatoms. The summed E-state index contributed by atoms with van der Waals surface area (Å²) in [7, 11) is 0. The number of fused-ring (bicyclic) bond motifs is 3. The van der Waals surface area contributed by atoms with Gasteiger partial charge in [0.05, 0.1) is 5.69 Å². The Morgan fingerprint density at radius 2 is 1.28 bits per heavy atom. The summed E-state index contributed by atoms with van der Waals surface area (Å²) in [6, 6.07) is 14.6. The Morgan fingerprint density at radius 1 is 0.667 bits per heavy atom. The first-order chi connectivity index (χ1) is 8.77. The van der Waals surface area contributed by atoms with Gasteiger partial charge in [-0.05, 0) is 11.6 Å². The van der Waals surface area contributed by atoms with Crippen molar-refractivity contribution in [2.45, 2.75) is 0 Å². The predicted octanol–water partition coefficient (Wildman–Crippen LogP) is 1.99. The van der Waals surface area contributed by atoms with Crippen LogP contribution < -0.4 is 10.9 Å². The van der Waals surface area contributed by atoms with Crippen LogP contribution in [0, 0.1) is 0 Å². The number of nitrogens with one attached hydrogen (secondary N) is 2. The quantitative estimate of drug-likeness (QED) is 0.690. The lowest BCUT2D eigenvalue weighted by Crippen LogP contribution is -2.37. The SMILES string of the molecule is O=C1NNc2ccccc2-c2ccccc2C1=O. The minimum atomic E-state index is -0.656. The number of hydrazine groups is 1. The average molecular weight is 238 g/mol. The summed E-state index contributed by atoms with van der Waals surface area (Å²) in [5.74, 6) is -1.19. The highest BCUT2D eigenvalue weighted by molar-refractivity contribution is 6.44. The number of anilines is 1. The number of ketones is 1. The van der Waals surface area contributed by atoms with E-state index in [2.05, 4.69) is 10.9 Å². The Morgan fingerprint density at radius 3 is 2.06 bits per heavy atom. The summed E-state index contributed by atoms with van der Waals surface area (Å²) >= 11 is 0. The largest absolute Gasteiger partial charge is 0.310 e. The first-order valence-electron chi connectivity index (χ1n) is 5.56. The minimum absolute atomic E-state index is 0.420. The zero-order valence-electron chi connectivity index (χ0n) is 9.44. The van der Waals surface area contributed by atoms with Gasteiger partial charge < -0.3 is 0 Å². The molecule has 2 aromatic carbocycles. The molecule has 1 heterocycles. The highest BCUT2D eigenvalue weighted by Gasteiger charge is 2.23. The van der Waals surface area contributed by atoms with Crippen LogP contribution in [0.2, 0.25) is 0 Å². The van der Waals surface area contributed by atoms with Gasteiger partial charge in [0.25, 0.3) is 5.78 Å². The molecular formula is C14H10N2O2. The van der Waals surface area contributed by atoms with Gasteiger partial charge >= 0.3 is 5.91 Å². The average Bonchev–Trinajstić information content (AvgIpc) is 2.43. The summed E-state index contributed by atoms with van der Waals surface area (Å²) in [6.07, 6.45) is 0. The van der Waals surface area contributed by atoms with Crippen LogP contribution in [0.1, 0.15) is 10.4 Å². The van der Waals surface area contributed by atoms with Gasteiger partial charge in [-0.2, -0.15) is 0 Å². The van der Waals surface area contributed by atoms with Gasteiger partial charge in [-0.1, -0.05) is 42.5 Å². The zero-order chi connectivity index (χ0) is 12.5. The number of carbonyl (C=O) groups excluding carboxylic acids is 2. The van der Waals surface area contributed by atoms with E-state index >= 15 is 0 Å². The monoisotopic (exact) mass is 238 g/mol. The number of Topliss-reactive ketones (excluding diaryl/α,β-unsaturated/α-hetero) is 1. The predicted molar refractivity (Wildman–Crippen MR) is 68.0 cm³/mol. The number of benzene rings is 2. The second-order valence-corrected chi connectivity index (χ2v) is 4.00. The van der Waals surface area contributed by atoms with Crippen LogP contribution in [-0.4, -0.2) is 11.7 Å². The third-order valence-corrected chi connectivity index (χ3v) is 2.91. The lowest BCUT2D eigenvalue weighted by Gasteiger charge is -2.18. The normalized spacial score (nSPS) is 13.6. The molecule has 0 unspecified atom stereocenters. The van der Waals surface area contributed by atoms with Crippen LogP contribution >= 0.6 is 0 Å². The lowest BCUT2D eigenvalue weighted by molar-refractivity contribution is -0.116. The Labute approximate surface area is 104 Å². The second kappa shape index (κ2) is 4.00. The van der Waals surface area contributed by atoms with E-state index in [1.165, 1.54) is 0 Å². The van der Waals surface area contributed by atoms with Crippen molar-refractivity contribution in [1.82, 2.24) is 5.43 Å². The van der Waals surface area contributed by atoms with Crippen LogP contribution in [0.5, 0.6) is 0 Å². The Balaban J connectivity index is 2.31. The molecule has 88 valence electrons. The maximum Gasteiger partial charge on any atom is 0.310 e. The molecular weight excluding hydrogens is 228 g/mol. The molecule has 1 aliphatic heterocycles. The van der Waals surface area contributed by atoms with Crippen molar-refractivity contribution in [2.24, 2.45) is 0 Å². The molecule has 0 spiro atoms. The van der Waals surface area contributed by atoms with Crippen molar-refractivity contribution in [3.63, 3.8) is 0 Å². The Bertz CT molecular complexity index is 650. The number of hydrogen-bond acceptors (Lipinski definition) is 3. The van der Waals surface area contributed by atoms with Gasteiger partial charge in [-0.3, -0.25) is 20.4 Å². The molecule has 18 heavy (non-hydrogen) atoms. The number of hydrogen-bond donors (Lipinski definition) is 2. The highest BCUT2D eigenvalue weighted by Crippen LogP contribution is 2.31. The molecule has 1 amide bonds. The van der Waals surface area contributed by atoms with Crippen molar-refractivity contribution in [2.75, 3.05) is 5.43 Å². The van der Waals surface area contributed by atoms with Crippen molar-refractivity contribution < 1.29 is 9.59 Å². The molecule has 1 aliphatic rings. The van der Waals surface area contributed by atoms with Gasteiger partial charge in [0.1, 0.15) is 0 Å². The Hall–Kier alpha value is -2.62. The maximum absolute atomic E-state index is 11.9. The van der Waals surface area contributed by atoms with E-state index in [1.54, 1.807) is 12.1 Å². The van der Waals surface area contributed by atoms with E-state index in [0.29, 0.717) is 5.56 Å². The van der Waals surface area contributed by atoms with Gasteiger partial charge in [-0.15, -0.1) is 0 Å². The fourth-order valence-corrected chi connectivity index (χ4v) is 2.05. The lowest BCUT2D eigenvalue weighted by atomic mass is 9.95. The molecule has 2 aromatic rings. The van der Waals surface area contributed by atoms with E-state index < -0.39 is 11.7 Å². The van der Waals surface area contributed by atoms with Crippen molar-refractivity contribution in [3.8, 4) is 11.1 Å². The van der Waals surface area contributed by atoms with Crippen molar-refractivity contribution in [3.05, 3.63) is 54.1 Å². The maximum atomic E-state index is 11.9. The van der Waals surface area contributed by atoms with Gasteiger partial charge in [0.15, 0.2) is 0 Å². The fourth-order valence-electron chi connectivity index (χ4n) is 2.05. The number of carbonyl (C=O) groups is 2. The molecule has 0 atom stereocenters. The van der Waals surface area contributed by atoms with E-state index in [1.807, 2.05) is 36.4 Å². The molecule has 0 fully saturated rings. The standard InChI is InChI=1S/C14H10N2O2/c17-13-11-7-2-1-5-9(11)10-6-3-4-8-12(10)15-16-14(13)18/h1-8,15H,(H,16,18). The van der Waals surface area contributed by atoms with Crippen LogP contribution in [0.3, 0.4) is 0 Å². The summed E-state index contributed by atoms with van der Waals surface area (Å²) in [4.78, 5) is 23.6. The van der Waals surface area contributed by atoms with E-state index in [4.69, 9.17) is 0 Å². The van der Waals surface area contributed by atoms with E-state index in [0.717, 1.165) is 16.8 Å². The van der Waals surface area contributed by atoms with Crippen molar-refractivity contribution in [1.29, 1.82) is 0 Å². The molecule has 0 aromatic heterocycles. The second-order valence-electron chi connectivity index (χ2n) is 4.00. The smallest absolute Gasteiger partial charge is 0.298 e. The first-order valence-corrected chi connectivity index (χ1v) is 5.56. The summed E-state index contributed by atoms with van der Waals surface area (Å²) in [5, 5.41) is 0. The molecule has 0 saturated heterocycles. The van der Waals surface area contributed by atoms with Gasteiger partial charge in [-0.25, -0.2) is 0 Å². The van der Waals surface area contributed by atoms with Crippen molar-refractivity contribution >= 4 is 17.4 Å². The molecule has 0 bridgehead atoms.